The van der Waals surface area contributed by atoms with Crippen LogP contribution in [-0.2, 0) is 23.1 Å². The molecule has 0 bridgehead atoms. The van der Waals surface area contributed by atoms with Gasteiger partial charge < -0.3 is 10.1 Å². The van der Waals surface area contributed by atoms with Crippen LogP contribution in [-0.4, -0.2) is 45.5 Å². The zero-order chi connectivity index (χ0) is 22.4. The summed E-state index contributed by atoms with van der Waals surface area (Å²) in [6.45, 7) is 7.56. The van der Waals surface area contributed by atoms with Crippen LogP contribution in [0.25, 0.3) is 0 Å². The Morgan fingerprint density at radius 2 is 1.71 bits per heavy atom. The largest absolute Gasteiger partial charge is 0.495 e. The van der Waals surface area contributed by atoms with Crippen molar-refractivity contribution in [3.05, 3.63) is 59.2 Å². The highest BCUT2D eigenvalue weighted by molar-refractivity contribution is 7.89. The highest BCUT2D eigenvalue weighted by Gasteiger charge is 2.30. The number of nitrogens with zero attached hydrogens (tertiary/aromatic N) is 1. The maximum atomic E-state index is 12.6. The molecule has 0 aromatic heterocycles. The molecule has 1 aliphatic carbocycles. The van der Waals surface area contributed by atoms with E-state index in [9.17, 15) is 13.2 Å². The molecule has 0 atom stereocenters. The minimum absolute atomic E-state index is 0.0182. The average Bonchev–Trinajstić information content (AvgIpc) is 3.59. The van der Waals surface area contributed by atoms with Crippen molar-refractivity contribution in [2.45, 2.75) is 50.7 Å². The van der Waals surface area contributed by atoms with E-state index in [1.807, 2.05) is 12.1 Å². The molecule has 0 aliphatic heterocycles. The molecular formula is C23H31N3O4S. The van der Waals surface area contributed by atoms with E-state index in [1.54, 1.807) is 6.07 Å². The zero-order valence-electron chi connectivity index (χ0n) is 18.3. The molecule has 0 saturated heterocycles. The van der Waals surface area contributed by atoms with Crippen LogP contribution in [0.1, 0.15) is 48.2 Å². The van der Waals surface area contributed by atoms with Gasteiger partial charge in [0.15, 0.2) is 0 Å². The summed E-state index contributed by atoms with van der Waals surface area (Å²) in [5.41, 5.74) is 2.48. The first kappa shape index (κ1) is 23.2. The van der Waals surface area contributed by atoms with E-state index in [4.69, 9.17) is 4.74 Å². The lowest BCUT2D eigenvalue weighted by molar-refractivity contribution is 0.0950. The number of carbonyl (C=O) groups is 1. The second-order valence-electron chi connectivity index (χ2n) is 7.72. The fraction of sp³-hybridized carbons (Fsp3) is 0.435. The SMILES string of the molecule is CCN(CC)Cc1ccc(CNC(=O)c2ccc(OC)c(S(=O)(=O)NC3CC3)c2)cc1. The lowest BCUT2D eigenvalue weighted by atomic mass is 10.1. The minimum atomic E-state index is -3.74. The van der Waals surface area contributed by atoms with Crippen LogP contribution in [0.2, 0.25) is 0 Å². The number of carbonyl (C=O) groups excluding carboxylic acids is 1. The third-order valence-corrected chi connectivity index (χ3v) is 6.93. The molecule has 0 spiro atoms. The summed E-state index contributed by atoms with van der Waals surface area (Å²) in [6.07, 6.45) is 1.66. The van der Waals surface area contributed by atoms with Gasteiger partial charge in [-0.2, -0.15) is 0 Å². The van der Waals surface area contributed by atoms with Crippen molar-refractivity contribution in [3.63, 3.8) is 0 Å². The van der Waals surface area contributed by atoms with Crippen molar-refractivity contribution < 1.29 is 17.9 Å². The molecule has 2 aromatic rings. The molecule has 1 aliphatic rings. The molecule has 7 nitrogen and oxygen atoms in total. The van der Waals surface area contributed by atoms with E-state index in [2.05, 4.69) is 40.9 Å². The van der Waals surface area contributed by atoms with Crippen LogP contribution >= 0.6 is 0 Å². The molecule has 0 unspecified atom stereocenters. The highest BCUT2D eigenvalue weighted by atomic mass is 32.2. The molecule has 0 heterocycles. The molecule has 3 rings (SSSR count). The summed E-state index contributed by atoms with van der Waals surface area (Å²) in [5, 5.41) is 2.86. The monoisotopic (exact) mass is 445 g/mol. The lowest BCUT2D eigenvalue weighted by Crippen LogP contribution is -2.27. The molecule has 168 valence electrons. The zero-order valence-corrected chi connectivity index (χ0v) is 19.2. The van der Waals surface area contributed by atoms with E-state index < -0.39 is 10.0 Å². The van der Waals surface area contributed by atoms with Crippen LogP contribution in [0, 0.1) is 0 Å². The van der Waals surface area contributed by atoms with Crippen molar-refractivity contribution >= 4 is 15.9 Å². The van der Waals surface area contributed by atoms with Crippen LogP contribution in [0.5, 0.6) is 5.75 Å². The maximum absolute atomic E-state index is 12.6. The van der Waals surface area contributed by atoms with Gasteiger partial charge in [-0.05, 0) is 55.3 Å². The predicted octanol–water partition coefficient (Wildman–Crippen LogP) is 2.91. The summed E-state index contributed by atoms with van der Waals surface area (Å²) in [6, 6.07) is 12.6. The molecule has 1 fully saturated rings. The van der Waals surface area contributed by atoms with Crippen LogP contribution in [0.15, 0.2) is 47.4 Å². The second-order valence-corrected chi connectivity index (χ2v) is 9.40. The van der Waals surface area contributed by atoms with Gasteiger partial charge in [-0.3, -0.25) is 9.69 Å². The van der Waals surface area contributed by atoms with Gasteiger partial charge in [0.25, 0.3) is 5.91 Å². The number of ether oxygens (including phenoxy) is 1. The number of amides is 1. The summed E-state index contributed by atoms with van der Waals surface area (Å²) in [5.74, 6) is -0.119. The first-order valence-electron chi connectivity index (χ1n) is 10.6. The first-order chi connectivity index (χ1) is 14.9. The van der Waals surface area contributed by atoms with Crippen molar-refractivity contribution in [1.29, 1.82) is 0 Å². The highest BCUT2D eigenvalue weighted by Crippen LogP contribution is 2.28. The molecule has 0 radical (unpaired) electrons. The summed E-state index contributed by atoms with van der Waals surface area (Å²) >= 11 is 0. The molecule has 1 amide bonds. The van der Waals surface area contributed by atoms with Gasteiger partial charge in [0.05, 0.1) is 7.11 Å². The Morgan fingerprint density at radius 1 is 1.06 bits per heavy atom. The molecule has 8 heteroatoms. The Bertz CT molecular complexity index is 998. The van der Waals surface area contributed by atoms with E-state index in [0.717, 1.165) is 38.0 Å². The molecular weight excluding hydrogens is 414 g/mol. The average molecular weight is 446 g/mol. The van der Waals surface area contributed by atoms with Crippen LogP contribution < -0.4 is 14.8 Å². The topological polar surface area (TPSA) is 87.7 Å². The third-order valence-electron chi connectivity index (χ3n) is 5.39. The number of methoxy groups -OCH3 is 1. The normalized spacial score (nSPS) is 13.9. The lowest BCUT2D eigenvalue weighted by Gasteiger charge is -2.18. The number of sulfonamides is 1. The summed E-state index contributed by atoms with van der Waals surface area (Å²) in [4.78, 5) is 15.0. The Morgan fingerprint density at radius 3 is 2.29 bits per heavy atom. The van der Waals surface area contributed by atoms with Crippen molar-refractivity contribution in [2.75, 3.05) is 20.2 Å². The Balaban J connectivity index is 1.66. The first-order valence-corrected chi connectivity index (χ1v) is 12.1. The molecule has 1 saturated carbocycles. The van der Waals surface area contributed by atoms with Gasteiger partial charge >= 0.3 is 0 Å². The minimum Gasteiger partial charge on any atom is -0.495 e. The second kappa shape index (κ2) is 10.3. The Kier molecular flexibility index (Phi) is 7.69. The van der Waals surface area contributed by atoms with Gasteiger partial charge in [-0.1, -0.05) is 38.1 Å². The van der Waals surface area contributed by atoms with E-state index in [-0.39, 0.29) is 28.2 Å². The Hall–Kier alpha value is -2.42. The number of rotatable bonds is 11. The molecule has 2 N–H and O–H groups in total. The number of hydrogen-bond donors (Lipinski definition) is 2. The summed E-state index contributed by atoms with van der Waals surface area (Å²) in [7, 11) is -2.33. The van der Waals surface area contributed by atoms with E-state index >= 15 is 0 Å². The van der Waals surface area contributed by atoms with Crippen LogP contribution in [0.3, 0.4) is 0 Å². The van der Waals surface area contributed by atoms with E-state index in [1.165, 1.54) is 24.8 Å². The van der Waals surface area contributed by atoms with Crippen LogP contribution in [0.4, 0.5) is 0 Å². The Labute approximate surface area is 184 Å². The quantitative estimate of drug-likeness (QED) is 0.555. The number of benzene rings is 2. The predicted molar refractivity (Wildman–Crippen MR) is 121 cm³/mol. The van der Waals surface area contributed by atoms with Gasteiger partial charge in [0.2, 0.25) is 10.0 Å². The summed E-state index contributed by atoms with van der Waals surface area (Å²) < 4.78 is 33.1. The van der Waals surface area contributed by atoms with Gasteiger partial charge in [-0.25, -0.2) is 13.1 Å². The van der Waals surface area contributed by atoms with Crippen molar-refractivity contribution in [1.82, 2.24) is 14.9 Å². The maximum Gasteiger partial charge on any atom is 0.251 e. The van der Waals surface area contributed by atoms with Crippen molar-refractivity contribution in [2.24, 2.45) is 0 Å². The molecule has 31 heavy (non-hydrogen) atoms. The van der Waals surface area contributed by atoms with Gasteiger partial charge in [0, 0.05) is 24.7 Å². The van der Waals surface area contributed by atoms with Gasteiger partial charge in [-0.15, -0.1) is 0 Å². The standard InChI is InChI=1S/C23H31N3O4S/c1-4-26(5-2)16-18-8-6-17(7-9-18)15-24-23(27)19-10-13-21(30-3)22(14-19)31(28,29)25-20-11-12-20/h6-10,13-14,20,25H,4-5,11-12,15-16H2,1-3H3,(H,24,27). The third kappa shape index (κ3) is 6.29. The van der Waals surface area contributed by atoms with Crippen molar-refractivity contribution in [3.8, 4) is 5.75 Å². The fourth-order valence-electron chi connectivity index (χ4n) is 3.26. The fourth-order valence-corrected chi connectivity index (χ4v) is 4.76. The van der Waals surface area contributed by atoms with Gasteiger partial charge in [0.1, 0.15) is 10.6 Å². The number of hydrogen-bond acceptors (Lipinski definition) is 5. The molecule has 2 aromatic carbocycles. The smallest absolute Gasteiger partial charge is 0.251 e. The van der Waals surface area contributed by atoms with E-state index in [0.29, 0.717) is 6.54 Å². The number of nitrogens with one attached hydrogen (secondary N) is 2.